The van der Waals surface area contributed by atoms with Gasteiger partial charge in [-0.1, -0.05) is 18.2 Å². The maximum atomic E-state index is 12.5. The molecule has 0 spiro atoms. The highest BCUT2D eigenvalue weighted by Crippen LogP contribution is 2.15. The number of benzene rings is 1. The standard InChI is InChI=1S/C18H13BrN4O2/c19-11-5-6-16-21-12(10-23(16)9-11)8-20-18(25)14-7-17(24)22-15-4-2-1-3-13(14)15/h1-7,9-10H,8H2,(H,20,25)(H,22,24). The summed E-state index contributed by atoms with van der Waals surface area (Å²) >= 11 is 3.41. The number of rotatable bonds is 3. The van der Waals surface area contributed by atoms with E-state index >= 15 is 0 Å². The van der Waals surface area contributed by atoms with Crippen LogP contribution in [0.1, 0.15) is 16.1 Å². The summed E-state index contributed by atoms with van der Waals surface area (Å²) in [4.78, 5) is 31.5. The van der Waals surface area contributed by atoms with Crippen LogP contribution in [0.2, 0.25) is 0 Å². The van der Waals surface area contributed by atoms with E-state index in [0.29, 0.717) is 16.5 Å². The molecule has 1 amide bonds. The molecule has 3 heterocycles. The summed E-state index contributed by atoms with van der Waals surface area (Å²) in [6, 6.07) is 12.3. The van der Waals surface area contributed by atoms with Gasteiger partial charge < -0.3 is 14.7 Å². The van der Waals surface area contributed by atoms with Crippen LogP contribution in [0.4, 0.5) is 0 Å². The second kappa shape index (κ2) is 6.18. The first-order valence-corrected chi connectivity index (χ1v) is 8.43. The van der Waals surface area contributed by atoms with Crippen molar-refractivity contribution in [2.45, 2.75) is 6.54 Å². The average Bonchev–Trinajstić information content (AvgIpc) is 3.00. The third-order valence-electron chi connectivity index (χ3n) is 3.89. The topological polar surface area (TPSA) is 79.3 Å². The van der Waals surface area contributed by atoms with E-state index in [9.17, 15) is 9.59 Å². The number of amides is 1. The molecule has 0 fully saturated rings. The Kier molecular flexibility index (Phi) is 3.85. The van der Waals surface area contributed by atoms with Gasteiger partial charge in [-0.3, -0.25) is 9.59 Å². The van der Waals surface area contributed by atoms with Gasteiger partial charge in [0, 0.05) is 33.8 Å². The molecule has 4 aromatic rings. The lowest BCUT2D eigenvalue weighted by Gasteiger charge is -2.06. The Bertz CT molecular complexity index is 1160. The molecule has 6 nitrogen and oxygen atoms in total. The van der Waals surface area contributed by atoms with Crippen LogP contribution < -0.4 is 10.9 Å². The molecular weight excluding hydrogens is 384 g/mol. The zero-order valence-corrected chi connectivity index (χ0v) is 14.6. The molecular formula is C18H13BrN4O2. The van der Waals surface area contributed by atoms with Gasteiger partial charge in [0.15, 0.2) is 0 Å². The fourth-order valence-electron chi connectivity index (χ4n) is 2.76. The first-order valence-electron chi connectivity index (χ1n) is 7.63. The van der Waals surface area contributed by atoms with Crippen LogP contribution in [-0.4, -0.2) is 20.3 Å². The number of H-pyrrole nitrogens is 1. The van der Waals surface area contributed by atoms with E-state index in [1.807, 2.05) is 47.1 Å². The van der Waals surface area contributed by atoms with Crippen molar-refractivity contribution < 1.29 is 4.79 Å². The molecule has 0 radical (unpaired) electrons. The lowest BCUT2D eigenvalue weighted by atomic mass is 10.1. The van der Waals surface area contributed by atoms with Crippen LogP contribution in [0.5, 0.6) is 0 Å². The average molecular weight is 397 g/mol. The van der Waals surface area contributed by atoms with E-state index in [1.54, 1.807) is 6.07 Å². The van der Waals surface area contributed by atoms with E-state index in [-0.39, 0.29) is 18.0 Å². The number of nitrogens with zero attached hydrogens (tertiary/aromatic N) is 2. The molecule has 0 aliphatic carbocycles. The molecule has 0 unspecified atom stereocenters. The molecule has 0 aliphatic heterocycles. The van der Waals surface area contributed by atoms with Crippen LogP contribution in [-0.2, 0) is 6.54 Å². The van der Waals surface area contributed by atoms with Gasteiger partial charge in [-0.05, 0) is 34.1 Å². The Morgan fingerprint density at radius 2 is 2.04 bits per heavy atom. The van der Waals surface area contributed by atoms with Crippen molar-refractivity contribution >= 4 is 38.4 Å². The van der Waals surface area contributed by atoms with Crippen molar-refractivity contribution in [3.05, 3.63) is 80.9 Å². The molecule has 4 rings (SSSR count). The number of hydrogen-bond donors (Lipinski definition) is 2. The van der Waals surface area contributed by atoms with Gasteiger partial charge >= 0.3 is 0 Å². The lowest BCUT2D eigenvalue weighted by molar-refractivity contribution is 0.0952. The Labute approximate surface area is 150 Å². The lowest BCUT2D eigenvalue weighted by Crippen LogP contribution is -2.25. The fourth-order valence-corrected chi connectivity index (χ4v) is 3.11. The van der Waals surface area contributed by atoms with Crippen molar-refractivity contribution in [3.8, 4) is 0 Å². The number of hydrogen-bond acceptors (Lipinski definition) is 3. The molecule has 0 aliphatic rings. The summed E-state index contributed by atoms with van der Waals surface area (Å²) in [7, 11) is 0. The van der Waals surface area contributed by atoms with Gasteiger partial charge in [-0.2, -0.15) is 0 Å². The highest BCUT2D eigenvalue weighted by Gasteiger charge is 2.12. The van der Waals surface area contributed by atoms with Crippen molar-refractivity contribution in [3.63, 3.8) is 0 Å². The maximum Gasteiger partial charge on any atom is 0.252 e. The number of carbonyl (C=O) groups is 1. The van der Waals surface area contributed by atoms with Gasteiger partial charge in [0.2, 0.25) is 5.56 Å². The molecule has 1 aromatic carbocycles. The maximum absolute atomic E-state index is 12.5. The van der Waals surface area contributed by atoms with E-state index in [0.717, 1.165) is 15.8 Å². The molecule has 124 valence electrons. The summed E-state index contributed by atoms with van der Waals surface area (Å²) in [5.74, 6) is -0.305. The number of fused-ring (bicyclic) bond motifs is 2. The van der Waals surface area contributed by atoms with Crippen LogP contribution in [0.25, 0.3) is 16.6 Å². The number of para-hydroxylation sites is 1. The Balaban J connectivity index is 1.60. The fraction of sp³-hybridized carbons (Fsp3) is 0.0556. The largest absolute Gasteiger partial charge is 0.346 e. The minimum Gasteiger partial charge on any atom is -0.346 e. The minimum absolute atomic E-state index is 0.277. The molecule has 0 bridgehead atoms. The number of pyridine rings is 2. The van der Waals surface area contributed by atoms with Gasteiger partial charge in [0.25, 0.3) is 5.91 Å². The summed E-state index contributed by atoms with van der Waals surface area (Å²) in [6.07, 6.45) is 3.76. The van der Waals surface area contributed by atoms with Crippen molar-refractivity contribution in [2.75, 3.05) is 0 Å². The Hall–Kier alpha value is -2.93. The predicted octanol–water partition coefficient (Wildman–Crippen LogP) is 2.87. The van der Waals surface area contributed by atoms with E-state index < -0.39 is 0 Å². The zero-order valence-electron chi connectivity index (χ0n) is 13.0. The van der Waals surface area contributed by atoms with Crippen molar-refractivity contribution in [2.24, 2.45) is 0 Å². The van der Waals surface area contributed by atoms with Gasteiger partial charge in [-0.15, -0.1) is 0 Å². The van der Waals surface area contributed by atoms with Crippen molar-refractivity contribution in [1.82, 2.24) is 19.7 Å². The first kappa shape index (κ1) is 15.6. The van der Waals surface area contributed by atoms with Crippen molar-refractivity contribution in [1.29, 1.82) is 0 Å². The first-order chi connectivity index (χ1) is 12.1. The molecule has 0 saturated carbocycles. The van der Waals surface area contributed by atoms with Gasteiger partial charge in [0.1, 0.15) is 5.65 Å². The Morgan fingerprint density at radius 3 is 2.92 bits per heavy atom. The summed E-state index contributed by atoms with van der Waals surface area (Å²) in [5.41, 5.74) is 2.22. The van der Waals surface area contributed by atoms with E-state index in [4.69, 9.17) is 0 Å². The van der Waals surface area contributed by atoms with Gasteiger partial charge in [-0.25, -0.2) is 4.98 Å². The SMILES string of the molecule is O=C(NCc1cn2cc(Br)ccc2n1)c1cc(=O)[nH]c2ccccc12. The van der Waals surface area contributed by atoms with E-state index in [2.05, 4.69) is 31.2 Å². The summed E-state index contributed by atoms with van der Waals surface area (Å²) in [6.45, 7) is 0.277. The molecule has 0 saturated heterocycles. The molecule has 3 aromatic heterocycles. The summed E-state index contributed by atoms with van der Waals surface area (Å²) < 4.78 is 2.83. The van der Waals surface area contributed by atoms with Crippen LogP contribution in [0.3, 0.4) is 0 Å². The number of aromatic amines is 1. The monoisotopic (exact) mass is 396 g/mol. The van der Waals surface area contributed by atoms with Crippen LogP contribution in [0, 0.1) is 0 Å². The highest BCUT2D eigenvalue weighted by molar-refractivity contribution is 9.10. The number of nitrogens with one attached hydrogen (secondary N) is 2. The third-order valence-corrected chi connectivity index (χ3v) is 4.36. The highest BCUT2D eigenvalue weighted by atomic mass is 79.9. The predicted molar refractivity (Wildman–Crippen MR) is 98.6 cm³/mol. The normalized spacial score (nSPS) is 11.1. The van der Waals surface area contributed by atoms with E-state index in [1.165, 1.54) is 6.07 Å². The molecule has 2 N–H and O–H groups in total. The van der Waals surface area contributed by atoms with Crippen LogP contribution in [0.15, 0.2) is 64.1 Å². The molecule has 0 atom stereocenters. The number of aromatic nitrogens is 3. The number of carbonyl (C=O) groups excluding carboxylic acids is 1. The molecule has 25 heavy (non-hydrogen) atoms. The number of halogens is 1. The molecule has 7 heteroatoms. The van der Waals surface area contributed by atoms with Gasteiger partial charge in [0.05, 0.1) is 17.8 Å². The van der Waals surface area contributed by atoms with Crippen LogP contribution >= 0.6 is 15.9 Å². The minimum atomic E-state index is -0.305. The Morgan fingerprint density at radius 1 is 1.20 bits per heavy atom. The second-order valence-corrected chi connectivity index (χ2v) is 6.54. The second-order valence-electron chi connectivity index (χ2n) is 5.62. The zero-order chi connectivity index (χ0) is 17.4. The quantitative estimate of drug-likeness (QED) is 0.558. The summed E-state index contributed by atoms with van der Waals surface area (Å²) in [5, 5.41) is 3.54. The third kappa shape index (κ3) is 3.06. The number of imidazole rings is 1. The smallest absolute Gasteiger partial charge is 0.252 e.